The van der Waals surface area contributed by atoms with Gasteiger partial charge in [-0.1, -0.05) is 0 Å². The van der Waals surface area contributed by atoms with Crippen molar-refractivity contribution in [2.45, 2.75) is 57.9 Å². The fraction of sp³-hybridized carbons (Fsp3) is 0.583. The van der Waals surface area contributed by atoms with Gasteiger partial charge in [0.2, 0.25) is 5.69 Å². The summed E-state index contributed by atoms with van der Waals surface area (Å²) in [7, 11) is 0. The summed E-state index contributed by atoms with van der Waals surface area (Å²) in [5.41, 5.74) is 1.20. The van der Waals surface area contributed by atoms with Crippen molar-refractivity contribution >= 4 is 23.0 Å². The molecule has 1 heterocycles. The molecule has 1 amide bonds. The van der Waals surface area contributed by atoms with E-state index < -0.39 is 10.8 Å². The topological polar surface area (TPSA) is 93.3 Å². The number of rotatable bonds is 7. The highest BCUT2D eigenvalue weighted by molar-refractivity contribution is 6.05. The lowest BCUT2D eigenvalue weighted by Crippen LogP contribution is -2.52. The molecule has 0 unspecified atom stereocenters. The van der Waals surface area contributed by atoms with Crippen LogP contribution in [0.15, 0.2) is 30.5 Å². The highest BCUT2D eigenvalue weighted by atomic mass is 16.6. The van der Waals surface area contributed by atoms with Gasteiger partial charge < -0.3 is 10.2 Å². The fourth-order valence-electron chi connectivity index (χ4n) is 6.78. The van der Waals surface area contributed by atoms with Gasteiger partial charge in [0.1, 0.15) is 6.20 Å². The second-order valence-electron chi connectivity index (χ2n) is 9.88. The molecule has 8 heteroatoms. The largest absolute Gasteiger partial charge is 0.372 e. The zero-order chi connectivity index (χ0) is 22.5. The summed E-state index contributed by atoms with van der Waals surface area (Å²) in [6.45, 7) is 5.99. The number of nitrogens with zero attached hydrogens (tertiary/aromatic N) is 4. The van der Waals surface area contributed by atoms with E-state index in [4.69, 9.17) is 0 Å². The van der Waals surface area contributed by atoms with Crippen LogP contribution < -0.4 is 10.2 Å². The monoisotopic (exact) mass is 437 g/mol. The minimum atomic E-state index is -0.532. The number of amides is 1. The molecule has 4 bridgehead atoms. The van der Waals surface area contributed by atoms with Gasteiger partial charge in [0, 0.05) is 24.5 Å². The number of nitrogens with one attached hydrogen (secondary N) is 1. The SMILES string of the molecule is CCN(CC)c1ccc(NC(=O)c2nn(C34CC5CC(CC(C5)C3)C4)cc2[N+](=O)[O-])cc1. The molecule has 0 radical (unpaired) electrons. The molecule has 4 aliphatic rings. The summed E-state index contributed by atoms with van der Waals surface area (Å²) in [6.07, 6.45) is 8.40. The number of benzene rings is 1. The van der Waals surface area contributed by atoms with E-state index in [9.17, 15) is 14.9 Å². The maximum Gasteiger partial charge on any atom is 0.320 e. The van der Waals surface area contributed by atoms with Crippen molar-refractivity contribution in [1.82, 2.24) is 9.78 Å². The van der Waals surface area contributed by atoms with Gasteiger partial charge >= 0.3 is 5.69 Å². The molecule has 1 N–H and O–H groups in total. The van der Waals surface area contributed by atoms with Crippen LogP contribution in [0.1, 0.15) is 62.9 Å². The van der Waals surface area contributed by atoms with Gasteiger partial charge in [0.05, 0.1) is 10.5 Å². The molecule has 0 atom stereocenters. The summed E-state index contributed by atoms with van der Waals surface area (Å²) in [5.74, 6) is 1.53. The number of carbonyl (C=O) groups is 1. The van der Waals surface area contributed by atoms with Crippen LogP contribution in [0.2, 0.25) is 0 Å². The van der Waals surface area contributed by atoms with E-state index in [-0.39, 0.29) is 16.9 Å². The molecule has 1 aromatic carbocycles. The summed E-state index contributed by atoms with van der Waals surface area (Å²) < 4.78 is 1.79. The van der Waals surface area contributed by atoms with Crippen molar-refractivity contribution < 1.29 is 9.72 Å². The molecular weight excluding hydrogens is 406 g/mol. The number of carbonyl (C=O) groups excluding carboxylic acids is 1. The van der Waals surface area contributed by atoms with Crippen molar-refractivity contribution in [2.24, 2.45) is 17.8 Å². The van der Waals surface area contributed by atoms with Crippen LogP contribution >= 0.6 is 0 Å². The van der Waals surface area contributed by atoms with Crippen LogP contribution in [0.4, 0.5) is 17.1 Å². The Morgan fingerprint density at radius 1 is 1.12 bits per heavy atom. The van der Waals surface area contributed by atoms with E-state index in [2.05, 4.69) is 29.2 Å². The third kappa shape index (κ3) is 3.55. The first-order chi connectivity index (χ1) is 15.4. The Hall–Kier alpha value is -2.90. The summed E-state index contributed by atoms with van der Waals surface area (Å²) in [4.78, 5) is 26.5. The Bertz CT molecular complexity index is 989. The fourth-order valence-corrected chi connectivity index (χ4v) is 6.78. The van der Waals surface area contributed by atoms with Gasteiger partial charge in [-0.2, -0.15) is 5.10 Å². The average molecular weight is 438 g/mol. The van der Waals surface area contributed by atoms with E-state index in [1.807, 2.05) is 24.3 Å². The standard InChI is InChI=1S/C24H31N5O3/c1-3-27(4-2)20-7-5-19(6-8-20)25-23(30)22-21(29(31)32)15-28(26-22)24-12-16-9-17(13-24)11-18(10-16)14-24/h5-8,15-18H,3-4,9-14H2,1-2H3,(H,25,30). The number of nitro groups is 1. The van der Waals surface area contributed by atoms with Gasteiger partial charge in [0.25, 0.3) is 5.91 Å². The third-order valence-corrected chi connectivity index (χ3v) is 7.85. The van der Waals surface area contributed by atoms with Crippen LogP contribution in [0, 0.1) is 27.9 Å². The first-order valence-corrected chi connectivity index (χ1v) is 11.8. The second kappa shape index (κ2) is 7.90. The van der Waals surface area contributed by atoms with Crippen LogP contribution in [0.3, 0.4) is 0 Å². The molecule has 1 aromatic heterocycles. The van der Waals surface area contributed by atoms with Gasteiger partial charge in [-0.3, -0.25) is 19.6 Å². The van der Waals surface area contributed by atoms with Crippen LogP contribution in [0.5, 0.6) is 0 Å². The Balaban J connectivity index is 1.39. The first-order valence-electron chi connectivity index (χ1n) is 11.8. The number of hydrogen-bond donors (Lipinski definition) is 1. The van der Waals surface area contributed by atoms with E-state index in [1.54, 1.807) is 4.68 Å². The highest BCUT2D eigenvalue weighted by Crippen LogP contribution is 2.58. The van der Waals surface area contributed by atoms with Gasteiger partial charge in [0.15, 0.2) is 0 Å². The van der Waals surface area contributed by atoms with Crippen LogP contribution in [-0.2, 0) is 5.54 Å². The Morgan fingerprint density at radius 2 is 1.69 bits per heavy atom. The molecule has 4 saturated carbocycles. The molecule has 32 heavy (non-hydrogen) atoms. The third-order valence-electron chi connectivity index (χ3n) is 7.85. The van der Waals surface area contributed by atoms with Crippen molar-refractivity contribution in [1.29, 1.82) is 0 Å². The zero-order valence-electron chi connectivity index (χ0n) is 18.8. The van der Waals surface area contributed by atoms with E-state index in [1.165, 1.54) is 25.5 Å². The smallest absolute Gasteiger partial charge is 0.320 e. The van der Waals surface area contributed by atoms with Gasteiger partial charge in [-0.15, -0.1) is 0 Å². The molecule has 170 valence electrons. The van der Waals surface area contributed by atoms with E-state index in [0.717, 1.165) is 38.0 Å². The predicted molar refractivity (Wildman–Crippen MR) is 123 cm³/mol. The molecule has 8 nitrogen and oxygen atoms in total. The van der Waals surface area contributed by atoms with Crippen LogP contribution in [-0.4, -0.2) is 33.7 Å². The lowest BCUT2D eigenvalue weighted by atomic mass is 9.53. The Kier molecular flexibility index (Phi) is 5.18. The van der Waals surface area contributed by atoms with Crippen molar-refractivity contribution in [2.75, 3.05) is 23.3 Å². The van der Waals surface area contributed by atoms with E-state index >= 15 is 0 Å². The average Bonchev–Trinajstić information content (AvgIpc) is 3.22. The van der Waals surface area contributed by atoms with Gasteiger partial charge in [-0.05, 0) is 94.4 Å². The molecule has 4 aliphatic carbocycles. The molecule has 2 aromatic rings. The van der Waals surface area contributed by atoms with Crippen molar-refractivity contribution in [3.8, 4) is 0 Å². The van der Waals surface area contributed by atoms with Crippen molar-refractivity contribution in [3.05, 3.63) is 46.3 Å². The Labute approximate surface area is 188 Å². The quantitative estimate of drug-likeness (QED) is 0.495. The summed E-state index contributed by atoms with van der Waals surface area (Å²) in [5, 5.41) is 19.1. The normalized spacial score (nSPS) is 28.0. The van der Waals surface area contributed by atoms with E-state index in [0.29, 0.717) is 23.4 Å². The van der Waals surface area contributed by atoms with Crippen LogP contribution in [0.25, 0.3) is 0 Å². The lowest BCUT2D eigenvalue weighted by molar-refractivity contribution is -0.385. The molecule has 6 rings (SSSR count). The van der Waals surface area contributed by atoms with Crippen molar-refractivity contribution in [3.63, 3.8) is 0 Å². The number of hydrogen-bond acceptors (Lipinski definition) is 5. The zero-order valence-corrected chi connectivity index (χ0v) is 18.8. The molecular formula is C24H31N5O3. The molecule has 4 fully saturated rings. The first kappa shape index (κ1) is 21.0. The molecule has 0 spiro atoms. The summed E-state index contributed by atoms with van der Waals surface area (Å²) >= 11 is 0. The minimum Gasteiger partial charge on any atom is -0.372 e. The number of anilines is 2. The minimum absolute atomic E-state index is 0.0986. The predicted octanol–water partition coefficient (Wildman–Crippen LogP) is 4.82. The second-order valence-corrected chi connectivity index (χ2v) is 9.88. The van der Waals surface area contributed by atoms with Gasteiger partial charge in [-0.25, -0.2) is 0 Å². The maximum absolute atomic E-state index is 13.0. The molecule has 0 aliphatic heterocycles. The number of aromatic nitrogens is 2. The lowest BCUT2D eigenvalue weighted by Gasteiger charge is -2.56. The molecule has 0 saturated heterocycles. The Morgan fingerprint density at radius 3 is 2.19 bits per heavy atom. The maximum atomic E-state index is 13.0. The summed E-state index contributed by atoms with van der Waals surface area (Å²) in [6, 6.07) is 7.55. The highest BCUT2D eigenvalue weighted by Gasteiger charge is 2.53.